The summed E-state index contributed by atoms with van der Waals surface area (Å²) in [7, 11) is 0. The molecule has 0 spiro atoms. The van der Waals surface area contributed by atoms with E-state index in [4.69, 9.17) is 0 Å². The lowest BCUT2D eigenvalue weighted by Crippen LogP contribution is -2.07. The molecule has 1 aromatic carbocycles. The van der Waals surface area contributed by atoms with Crippen molar-refractivity contribution in [3.8, 4) is 0 Å². The van der Waals surface area contributed by atoms with Crippen LogP contribution in [-0.4, -0.2) is 5.78 Å². The third kappa shape index (κ3) is 5.35. The number of carbonyl (C=O) groups is 1. The molecule has 4 heteroatoms. The van der Waals surface area contributed by atoms with Gasteiger partial charge in [0.1, 0.15) is 5.78 Å². The lowest BCUT2D eigenvalue weighted by molar-refractivity contribution is -0.137. The quantitative estimate of drug-likeness (QED) is 0.618. The monoisotopic (exact) mass is 286 g/mol. The zero-order chi connectivity index (χ0) is 15.2. The van der Waals surface area contributed by atoms with Gasteiger partial charge in [-0.1, -0.05) is 38.3 Å². The number of ketones is 1. The second kappa shape index (κ2) is 7.46. The summed E-state index contributed by atoms with van der Waals surface area (Å²) in [6.07, 6.45) is 0.0922. The molecular weight excluding hydrogens is 265 g/mol. The van der Waals surface area contributed by atoms with Crippen molar-refractivity contribution in [2.75, 3.05) is 0 Å². The largest absolute Gasteiger partial charge is 0.416 e. The molecule has 112 valence electrons. The minimum absolute atomic E-state index is 0.0290. The zero-order valence-electron chi connectivity index (χ0n) is 12.0. The summed E-state index contributed by atoms with van der Waals surface area (Å²) in [6.45, 7) is 3.62. The topological polar surface area (TPSA) is 17.1 Å². The molecule has 0 aromatic heterocycles. The van der Waals surface area contributed by atoms with Gasteiger partial charge in [0.15, 0.2) is 0 Å². The fourth-order valence-electron chi connectivity index (χ4n) is 2.32. The first-order valence-corrected chi connectivity index (χ1v) is 7.01. The van der Waals surface area contributed by atoms with Gasteiger partial charge in [-0.3, -0.25) is 0 Å². The molecular formula is C16H21F3O. The first-order valence-electron chi connectivity index (χ1n) is 7.01. The van der Waals surface area contributed by atoms with Crippen LogP contribution in [0.25, 0.3) is 0 Å². The highest BCUT2D eigenvalue weighted by Gasteiger charge is 2.30. The molecule has 1 unspecified atom stereocenters. The minimum Gasteiger partial charge on any atom is -0.300 e. The van der Waals surface area contributed by atoms with Gasteiger partial charge in [-0.2, -0.15) is 13.2 Å². The van der Waals surface area contributed by atoms with Crippen molar-refractivity contribution in [2.24, 2.45) is 0 Å². The van der Waals surface area contributed by atoms with Gasteiger partial charge in [-0.05, 0) is 37.0 Å². The van der Waals surface area contributed by atoms with Crippen molar-refractivity contribution in [1.29, 1.82) is 0 Å². The summed E-state index contributed by atoms with van der Waals surface area (Å²) < 4.78 is 37.6. The SMILES string of the molecule is CCCCCC(CC(C)=O)c1ccc(C(F)(F)F)cc1. The molecule has 0 heterocycles. The van der Waals surface area contributed by atoms with E-state index in [0.717, 1.165) is 43.4 Å². The normalized spacial score (nSPS) is 13.2. The van der Waals surface area contributed by atoms with E-state index < -0.39 is 11.7 Å². The highest BCUT2D eigenvalue weighted by atomic mass is 19.4. The molecule has 0 aliphatic rings. The molecule has 0 fully saturated rings. The Bertz CT molecular complexity index is 420. The van der Waals surface area contributed by atoms with Gasteiger partial charge in [0.25, 0.3) is 0 Å². The first kappa shape index (κ1) is 16.7. The first-order chi connectivity index (χ1) is 9.34. The van der Waals surface area contributed by atoms with Crippen molar-refractivity contribution in [2.45, 2.75) is 58.0 Å². The van der Waals surface area contributed by atoms with Crippen LogP contribution in [0, 0.1) is 0 Å². The Hall–Kier alpha value is -1.32. The van der Waals surface area contributed by atoms with Crippen LogP contribution in [-0.2, 0) is 11.0 Å². The summed E-state index contributed by atoms with van der Waals surface area (Å²) in [5, 5.41) is 0. The van der Waals surface area contributed by atoms with E-state index >= 15 is 0 Å². The molecule has 1 aromatic rings. The summed E-state index contributed by atoms with van der Waals surface area (Å²) in [4.78, 5) is 11.3. The predicted octanol–water partition coefficient (Wildman–Crippen LogP) is 5.35. The fourth-order valence-corrected chi connectivity index (χ4v) is 2.32. The average Bonchev–Trinajstić information content (AvgIpc) is 2.36. The third-order valence-electron chi connectivity index (χ3n) is 3.40. The Balaban J connectivity index is 2.81. The second-order valence-corrected chi connectivity index (χ2v) is 5.22. The second-order valence-electron chi connectivity index (χ2n) is 5.22. The molecule has 1 atom stereocenters. The van der Waals surface area contributed by atoms with Crippen LogP contribution in [0.4, 0.5) is 13.2 Å². The molecule has 20 heavy (non-hydrogen) atoms. The summed E-state index contributed by atoms with van der Waals surface area (Å²) in [6, 6.07) is 5.20. The lowest BCUT2D eigenvalue weighted by Gasteiger charge is -2.17. The van der Waals surface area contributed by atoms with Crippen molar-refractivity contribution < 1.29 is 18.0 Å². The predicted molar refractivity (Wildman–Crippen MR) is 73.6 cm³/mol. The van der Waals surface area contributed by atoms with Gasteiger partial charge in [0.05, 0.1) is 5.56 Å². The van der Waals surface area contributed by atoms with Crippen LogP contribution in [0.15, 0.2) is 24.3 Å². The van der Waals surface area contributed by atoms with Crippen LogP contribution >= 0.6 is 0 Å². The number of rotatable bonds is 7. The van der Waals surface area contributed by atoms with E-state index in [-0.39, 0.29) is 11.7 Å². The van der Waals surface area contributed by atoms with Crippen LogP contribution in [0.1, 0.15) is 63.0 Å². The number of hydrogen-bond donors (Lipinski definition) is 0. The average molecular weight is 286 g/mol. The molecule has 0 aliphatic heterocycles. The van der Waals surface area contributed by atoms with Crippen molar-refractivity contribution in [3.63, 3.8) is 0 Å². The van der Waals surface area contributed by atoms with Gasteiger partial charge in [0, 0.05) is 6.42 Å². The molecule has 0 amide bonds. The van der Waals surface area contributed by atoms with Crippen LogP contribution in [0.3, 0.4) is 0 Å². The fraction of sp³-hybridized carbons (Fsp3) is 0.562. The third-order valence-corrected chi connectivity index (χ3v) is 3.40. The van der Waals surface area contributed by atoms with Gasteiger partial charge < -0.3 is 4.79 Å². The van der Waals surface area contributed by atoms with E-state index in [1.165, 1.54) is 19.1 Å². The van der Waals surface area contributed by atoms with Crippen molar-refractivity contribution in [3.05, 3.63) is 35.4 Å². The molecule has 0 saturated carbocycles. The summed E-state index contributed by atoms with van der Waals surface area (Å²) in [5.41, 5.74) is 0.181. The molecule has 1 rings (SSSR count). The highest BCUT2D eigenvalue weighted by molar-refractivity contribution is 5.76. The number of alkyl halides is 3. The molecule has 1 nitrogen and oxygen atoms in total. The van der Waals surface area contributed by atoms with E-state index in [1.807, 2.05) is 0 Å². The number of benzene rings is 1. The molecule has 0 bridgehead atoms. The van der Waals surface area contributed by atoms with Crippen LogP contribution in [0.5, 0.6) is 0 Å². The van der Waals surface area contributed by atoms with E-state index in [2.05, 4.69) is 6.92 Å². The molecule has 0 radical (unpaired) electrons. The van der Waals surface area contributed by atoms with Crippen molar-refractivity contribution in [1.82, 2.24) is 0 Å². The Labute approximate surface area is 118 Å². The maximum Gasteiger partial charge on any atom is 0.416 e. The Morgan fingerprint density at radius 1 is 1.15 bits per heavy atom. The maximum absolute atomic E-state index is 12.5. The number of halogens is 3. The smallest absolute Gasteiger partial charge is 0.300 e. The van der Waals surface area contributed by atoms with E-state index in [9.17, 15) is 18.0 Å². The van der Waals surface area contributed by atoms with E-state index in [0.29, 0.717) is 6.42 Å². The van der Waals surface area contributed by atoms with Crippen molar-refractivity contribution >= 4 is 5.78 Å². The standard InChI is InChI=1S/C16H21F3O/c1-3-4-5-6-14(11-12(2)20)13-7-9-15(10-8-13)16(17,18)19/h7-10,14H,3-6,11H2,1-2H3. The minimum atomic E-state index is -4.31. The number of Topliss-reactive ketones (excluding diaryl/α,β-unsaturated/α-hetero) is 1. The maximum atomic E-state index is 12.5. The van der Waals surface area contributed by atoms with E-state index in [1.54, 1.807) is 0 Å². The van der Waals surface area contributed by atoms with Crippen LogP contribution in [0.2, 0.25) is 0 Å². The molecule has 0 N–H and O–H groups in total. The summed E-state index contributed by atoms with van der Waals surface area (Å²) >= 11 is 0. The van der Waals surface area contributed by atoms with Gasteiger partial charge >= 0.3 is 6.18 Å². The van der Waals surface area contributed by atoms with Gasteiger partial charge in [-0.25, -0.2) is 0 Å². The highest BCUT2D eigenvalue weighted by Crippen LogP contribution is 2.32. The molecule has 0 aliphatic carbocycles. The Morgan fingerprint density at radius 2 is 1.75 bits per heavy atom. The Kier molecular flexibility index (Phi) is 6.24. The Morgan fingerprint density at radius 3 is 2.20 bits per heavy atom. The summed E-state index contributed by atoms with van der Waals surface area (Å²) in [5.74, 6) is 0.104. The van der Waals surface area contributed by atoms with Gasteiger partial charge in [-0.15, -0.1) is 0 Å². The zero-order valence-corrected chi connectivity index (χ0v) is 12.0. The number of unbranched alkanes of at least 4 members (excludes halogenated alkanes) is 2. The number of hydrogen-bond acceptors (Lipinski definition) is 1. The van der Waals surface area contributed by atoms with Crippen LogP contribution < -0.4 is 0 Å². The molecule has 0 saturated heterocycles. The number of carbonyl (C=O) groups excluding carboxylic acids is 1. The lowest BCUT2D eigenvalue weighted by atomic mass is 9.88. The van der Waals surface area contributed by atoms with Gasteiger partial charge in [0.2, 0.25) is 0 Å².